The molecule has 2 rings (SSSR count). The minimum absolute atomic E-state index is 0.0514. The maximum Gasteiger partial charge on any atom is 0.306 e. The van der Waals surface area contributed by atoms with E-state index in [1.54, 1.807) is 4.90 Å². The number of amides is 1. The zero-order chi connectivity index (χ0) is 15.9. The minimum Gasteiger partial charge on any atom is -0.481 e. The molecule has 0 bridgehead atoms. The van der Waals surface area contributed by atoms with Crippen molar-refractivity contribution in [3.8, 4) is 0 Å². The average molecular weight is 305 g/mol. The van der Waals surface area contributed by atoms with Crippen molar-refractivity contribution in [2.45, 2.75) is 38.2 Å². The van der Waals surface area contributed by atoms with Crippen molar-refractivity contribution < 1.29 is 19.4 Å². The zero-order valence-electron chi connectivity index (χ0n) is 12.9. The summed E-state index contributed by atoms with van der Waals surface area (Å²) in [6.45, 7) is 3.46. The van der Waals surface area contributed by atoms with Crippen LogP contribution in [-0.2, 0) is 14.3 Å². The van der Waals surface area contributed by atoms with Crippen LogP contribution in [0, 0.1) is 0 Å². The van der Waals surface area contributed by atoms with Gasteiger partial charge < -0.3 is 14.7 Å². The predicted octanol–water partition coefficient (Wildman–Crippen LogP) is 2.27. The summed E-state index contributed by atoms with van der Waals surface area (Å²) in [6, 6.07) is 10.1. The van der Waals surface area contributed by atoms with Crippen molar-refractivity contribution in [1.29, 1.82) is 0 Å². The number of hydrogen-bond donors (Lipinski definition) is 1. The van der Waals surface area contributed by atoms with E-state index in [1.165, 1.54) is 5.56 Å². The standard InChI is InChI=1S/C17H23NO4/c1-13(14-5-3-2-4-6-14)7-8-16(19)18-9-10-22-15(12-18)11-17(20)21/h2-6,13,15H,7-12H2,1H3,(H,20,21). The van der Waals surface area contributed by atoms with Gasteiger partial charge >= 0.3 is 5.97 Å². The van der Waals surface area contributed by atoms with Gasteiger partial charge in [-0.3, -0.25) is 9.59 Å². The maximum absolute atomic E-state index is 12.3. The third-order valence-electron chi connectivity index (χ3n) is 4.05. The first kappa shape index (κ1) is 16.5. The van der Waals surface area contributed by atoms with Crippen LogP contribution in [0.5, 0.6) is 0 Å². The fraction of sp³-hybridized carbons (Fsp3) is 0.529. The molecule has 0 radical (unpaired) electrons. The van der Waals surface area contributed by atoms with E-state index < -0.39 is 5.97 Å². The molecular weight excluding hydrogens is 282 g/mol. The number of carbonyl (C=O) groups is 2. The van der Waals surface area contributed by atoms with E-state index in [0.29, 0.717) is 32.0 Å². The van der Waals surface area contributed by atoms with Gasteiger partial charge in [0.2, 0.25) is 5.91 Å². The van der Waals surface area contributed by atoms with Crippen LogP contribution in [0.4, 0.5) is 0 Å². The van der Waals surface area contributed by atoms with E-state index in [2.05, 4.69) is 19.1 Å². The third kappa shape index (κ3) is 4.84. The predicted molar refractivity (Wildman–Crippen MR) is 82.7 cm³/mol. The number of aliphatic carboxylic acids is 1. The summed E-state index contributed by atoms with van der Waals surface area (Å²) in [7, 11) is 0. The Morgan fingerprint density at radius 2 is 2.09 bits per heavy atom. The second-order valence-corrected chi connectivity index (χ2v) is 5.78. The minimum atomic E-state index is -0.892. The normalized spacial score (nSPS) is 19.7. The summed E-state index contributed by atoms with van der Waals surface area (Å²) >= 11 is 0. The van der Waals surface area contributed by atoms with Gasteiger partial charge in [0.15, 0.2) is 0 Å². The average Bonchev–Trinajstić information content (AvgIpc) is 2.52. The van der Waals surface area contributed by atoms with Crippen molar-refractivity contribution >= 4 is 11.9 Å². The fourth-order valence-electron chi connectivity index (χ4n) is 2.71. The van der Waals surface area contributed by atoms with E-state index >= 15 is 0 Å². The number of carboxylic acid groups (broad SMARTS) is 1. The van der Waals surface area contributed by atoms with Gasteiger partial charge in [-0.25, -0.2) is 0 Å². The first-order valence-corrected chi connectivity index (χ1v) is 7.72. The van der Waals surface area contributed by atoms with E-state index in [-0.39, 0.29) is 18.4 Å². The van der Waals surface area contributed by atoms with Gasteiger partial charge in [-0.1, -0.05) is 37.3 Å². The van der Waals surface area contributed by atoms with Crippen LogP contribution < -0.4 is 0 Å². The molecule has 1 aromatic carbocycles. The topological polar surface area (TPSA) is 66.8 Å². The number of hydrogen-bond acceptors (Lipinski definition) is 3. The molecule has 120 valence electrons. The molecule has 1 aromatic rings. The highest BCUT2D eigenvalue weighted by Crippen LogP contribution is 2.21. The monoisotopic (exact) mass is 305 g/mol. The Kier molecular flexibility index (Phi) is 5.95. The van der Waals surface area contributed by atoms with Crippen molar-refractivity contribution in [3.05, 3.63) is 35.9 Å². The molecule has 1 aliphatic rings. The van der Waals surface area contributed by atoms with Gasteiger partial charge in [0.05, 0.1) is 19.1 Å². The Labute approximate surface area is 130 Å². The Morgan fingerprint density at radius 1 is 1.36 bits per heavy atom. The van der Waals surface area contributed by atoms with Gasteiger partial charge in [0.25, 0.3) is 0 Å². The highest BCUT2D eigenvalue weighted by molar-refractivity contribution is 5.76. The molecule has 0 spiro atoms. The molecule has 1 amide bonds. The van der Waals surface area contributed by atoms with Crippen LogP contribution in [0.25, 0.3) is 0 Å². The van der Waals surface area contributed by atoms with Gasteiger partial charge in [-0.2, -0.15) is 0 Å². The number of carbonyl (C=O) groups excluding carboxylic acids is 1. The second kappa shape index (κ2) is 7.94. The largest absolute Gasteiger partial charge is 0.481 e. The van der Waals surface area contributed by atoms with Crippen molar-refractivity contribution in [2.75, 3.05) is 19.7 Å². The fourth-order valence-corrected chi connectivity index (χ4v) is 2.71. The Bertz CT molecular complexity index is 503. The Balaban J connectivity index is 1.80. The molecule has 1 heterocycles. The molecule has 1 aliphatic heterocycles. The summed E-state index contributed by atoms with van der Waals surface area (Å²) < 4.78 is 5.39. The molecule has 5 heteroatoms. The highest BCUT2D eigenvalue weighted by atomic mass is 16.5. The summed E-state index contributed by atoms with van der Waals surface area (Å²) in [5.41, 5.74) is 1.24. The molecule has 0 aromatic heterocycles. The zero-order valence-corrected chi connectivity index (χ0v) is 12.9. The van der Waals surface area contributed by atoms with E-state index in [1.807, 2.05) is 18.2 Å². The molecule has 0 saturated carbocycles. The van der Waals surface area contributed by atoms with Crippen LogP contribution in [0.15, 0.2) is 30.3 Å². The Morgan fingerprint density at radius 3 is 2.77 bits per heavy atom. The maximum atomic E-state index is 12.3. The van der Waals surface area contributed by atoms with Crippen LogP contribution in [0.2, 0.25) is 0 Å². The Hall–Kier alpha value is -1.88. The quantitative estimate of drug-likeness (QED) is 0.875. The van der Waals surface area contributed by atoms with Gasteiger partial charge in [0.1, 0.15) is 0 Å². The molecule has 1 saturated heterocycles. The summed E-state index contributed by atoms with van der Waals surface area (Å²) in [5, 5.41) is 8.81. The summed E-state index contributed by atoms with van der Waals surface area (Å²) in [6.07, 6.45) is 0.839. The SMILES string of the molecule is CC(CCC(=O)N1CCOC(CC(=O)O)C1)c1ccccc1. The lowest BCUT2D eigenvalue weighted by molar-refractivity contribution is -0.147. The lowest BCUT2D eigenvalue weighted by Gasteiger charge is -2.32. The molecule has 1 N–H and O–H groups in total. The molecule has 0 aliphatic carbocycles. The molecule has 2 unspecified atom stereocenters. The summed E-state index contributed by atoms with van der Waals surface area (Å²) in [5.74, 6) is -0.473. The number of benzene rings is 1. The molecular formula is C17H23NO4. The smallest absolute Gasteiger partial charge is 0.306 e. The van der Waals surface area contributed by atoms with Crippen molar-refractivity contribution in [3.63, 3.8) is 0 Å². The number of nitrogens with zero attached hydrogens (tertiary/aromatic N) is 1. The molecule has 1 fully saturated rings. The van der Waals surface area contributed by atoms with E-state index in [9.17, 15) is 9.59 Å². The first-order valence-electron chi connectivity index (χ1n) is 7.72. The van der Waals surface area contributed by atoms with Crippen LogP contribution in [-0.4, -0.2) is 47.7 Å². The highest BCUT2D eigenvalue weighted by Gasteiger charge is 2.25. The number of morpholine rings is 1. The van der Waals surface area contributed by atoms with Crippen molar-refractivity contribution in [1.82, 2.24) is 4.90 Å². The lowest BCUT2D eigenvalue weighted by atomic mass is 9.96. The van der Waals surface area contributed by atoms with Gasteiger partial charge in [-0.15, -0.1) is 0 Å². The van der Waals surface area contributed by atoms with Crippen LogP contribution in [0.1, 0.15) is 37.7 Å². The van der Waals surface area contributed by atoms with E-state index in [0.717, 1.165) is 6.42 Å². The number of rotatable bonds is 6. The van der Waals surface area contributed by atoms with Crippen LogP contribution >= 0.6 is 0 Å². The lowest BCUT2D eigenvalue weighted by Crippen LogP contribution is -2.46. The second-order valence-electron chi connectivity index (χ2n) is 5.78. The van der Waals surface area contributed by atoms with Crippen LogP contribution in [0.3, 0.4) is 0 Å². The van der Waals surface area contributed by atoms with E-state index in [4.69, 9.17) is 9.84 Å². The molecule has 2 atom stereocenters. The first-order chi connectivity index (χ1) is 10.6. The molecule has 5 nitrogen and oxygen atoms in total. The van der Waals surface area contributed by atoms with Gasteiger partial charge in [-0.05, 0) is 17.9 Å². The third-order valence-corrected chi connectivity index (χ3v) is 4.05. The van der Waals surface area contributed by atoms with Crippen molar-refractivity contribution in [2.24, 2.45) is 0 Å². The number of ether oxygens (including phenoxy) is 1. The summed E-state index contributed by atoms with van der Waals surface area (Å²) in [4.78, 5) is 24.8. The number of carboxylic acids is 1. The molecule has 22 heavy (non-hydrogen) atoms. The van der Waals surface area contributed by atoms with Gasteiger partial charge in [0, 0.05) is 19.5 Å².